The molecule has 0 aromatic carbocycles. The zero-order chi connectivity index (χ0) is 6.97. The monoisotopic (exact) mass is 248 g/mol. The molecule has 0 aromatic rings. The van der Waals surface area contributed by atoms with Crippen LogP contribution < -0.4 is 0 Å². The van der Waals surface area contributed by atoms with Gasteiger partial charge in [0.05, 0.1) is 0 Å². The molecule has 2 aliphatic rings. The molecular weight excluding hydrogens is 235 g/mol. The number of hydrogen-bond donors (Lipinski definition) is 0. The zero-order valence-electron chi connectivity index (χ0n) is 6.09. The van der Waals surface area contributed by atoms with Crippen LogP contribution >= 0.6 is 22.6 Å². The van der Waals surface area contributed by atoms with Crippen LogP contribution in [0, 0.1) is 11.8 Å². The van der Waals surface area contributed by atoms with Gasteiger partial charge in [0.15, 0.2) is 0 Å². The van der Waals surface area contributed by atoms with E-state index < -0.39 is 0 Å². The fraction of sp³-hybridized carbons (Fsp3) is 0.778. The number of rotatable bonds is 0. The number of halogens is 1. The maximum absolute atomic E-state index is 2.63. The first-order valence-electron chi connectivity index (χ1n) is 4.18. The lowest BCUT2D eigenvalue weighted by Gasteiger charge is -1.99. The van der Waals surface area contributed by atoms with Gasteiger partial charge in [-0.2, -0.15) is 0 Å². The molecular formula is C9H13I. The summed E-state index contributed by atoms with van der Waals surface area (Å²) in [5, 5.41) is 0. The summed E-state index contributed by atoms with van der Waals surface area (Å²) in [5.74, 6) is 2.18. The number of allylic oxidation sites excluding steroid dienone is 2. The van der Waals surface area contributed by atoms with E-state index in [0.717, 1.165) is 15.8 Å². The first kappa shape index (κ1) is 7.14. The zero-order valence-corrected chi connectivity index (χ0v) is 8.25. The summed E-state index contributed by atoms with van der Waals surface area (Å²) in [6.45, 7) is 0. The molecule has 1 saturated carbocycles. The summed E-state index contributed by atoms with van der Waals surface area (Å²) in [5.41, 5.74) is 0. The second-order valence-electron chi connectivity index (χ2n) is 3.40. The highest BCUT2D eigenvalue weighted by Gasteiger charge is 2.46. The Morgan fingerprint density at radius 1 is 1.00 bits per heavy atom. The van der Waals surface area contributed by atoms with Crippen molar-refractivity contribution in [3.63, 3.8) is 0 Å². The van der Waals surface area contributed by atoms with Crippen molar-refractivity contribution < 1.29 is 0 Å². The van der Waals surface area contributed by atoms with Crippen LogP contribution in [0.1, 0.15) is 25.7 Å². The largest absolute Gasteiger partial charge is 0.0885 e. The maximum Gasteiger partial charge on any atom is 0.0172 e. The number of fused-ring (bicyclic) bond motifs is 1. The van der Waals surface area contributed by atoms with Crippen LogP contribution in [0.25, 0.3) is 0 Å². The van der Waals surface area contributed by atoms with E-state index in [4.69, 9.17) is 0 Å². The second kappa shape index (κ2) is 2.84. The van der Waals surface area contributed by atoms with Crippen molar-refractivity contribution in [2.24, 2.45) is 11.8 Å². The standard InChI is InChI=1S/C9H13I/c10-9-7-5-3-1-2-4-6-8(7)9/h1-2,7-9H,3-6H2/b2-1-/t7-,8+,9?. The molecule has 0 spiro atoms. The van der Waals surface area contributed by atoms with Gasteiger partial charge >= 0.3 is 0 Å². The fourth-order valence-electron chi connectivity index (χ4n) is 1.96. The lowest BCUT2D eigenvalue weighted by atomic mass is 10.1. The van der Waals surface area contributed by atoms with E-state index in [9.17, 15) is 0 Å². The Morgan fingerprint density at radius 2 is 1.50 bits per heavy atom. The molecule has 0 radical (unpaired) electrons. The second-order valence-corrected chi connectivity index (χ2v) is 4.84. The molecule has 2 aliphatic carbocycles. The molecule has 10 heavy (non-hydrogen) atoms. The molecule has 3 atom stereocenters. The quantitative estimate of drug-likeness (QED) is 0.351. The Balaban J connectivity index is 1.94. The van der Waals surface area contributed by atoms with Gasteiger partial charge in [-0.3, -0.25) is 0 Å². The normalized spacial score (nSPS) is 48.7. The van der Waals surface area contributed by atoms with Crippen LogP contribution in [0.2, 0.25) is 0 Å². The molecule has 1 fully saturated rings. The third-order valence-electron chi connectivity index (χ3n) is 2.73. The van der Waals surface area contributed by atoms with Gasteiger partial charge in [-0.15, -0.1) is 0 Å². The highest BCUT2D eigenvalue weighted by molar-refractivity contribution is 14.1. The van der Waals surface area contributed by atoms with E-state index in [1.54, 1.807) is 0 Å². The van der Waals surface area contributed by atoms with Gasteiger partial charge in [0, 0.05) is 3.92 Å². The highest BCUT2D eigenvalue weighted by atomic mass is 127. The van der Waals surface area contributed by atoms with E-state index in [-0.39, 0.29) is 0 Å². The number of alkyl halides is 1. The highest BCUT2D eigenvalue weighted by Crippen LogP contribution is 2.51. The third-order valence-corrected chi connectivity index (χ3v) is 4.57. The summed E-state index contributed by atoms with van der Waals surface area (Å²) in [6.07, 6.45) is 10.3. The molecule has 1 unspecified atom stereocenters. The van der Waals surface area contributed by atoms with E-state index in [1.165, 1.54) is 25.7 Å². The van der Waals surface area contributed by atoms with Crippen LogP contribution in [0.5, 0.6) is 0 Å². The topological polar surface area (TPSA) is 0 Å². The smallest absolute Gasteiger partial charge is 0.0172 e. The van der Waals surface area contributed by atoms with Crippen LogP contribution in [-0.4, -0.2) is 3.92 Å². The van der Waals surface area contributed by atoms with Gasteiger partial charge in [-0.1, -0.05) is 34.7 Å². The molecule has 56 valence electrons. The SMILES string of the molecule is IC1[C@H]2CC/C=C\CC[C@@H]12. The summed E-state index contributed by atoms with van der Waals surface area (Å²) in [7, 11) is 0. The molecule has 0 bridgehead atoms. The van der Waals surface area contributed by atoms with E-state index in [0.29, 0.717) is 0 Å². The Kier molecular flexibility index (Phi) is 2.03. The maximum atomic E-state index is 2.63. The minimum Gasteiger partial charge on any atom is -0.0885 e. The van der Waals surface area contributed by atoms with Crippen molar-refractivity contribution in [3.05, 3.63) is 12.2 Å². The average Bonchev–Trinajstić information content (AvgIpc) is 2.39. The van der Waals surface area contributed by atoms with Crippen molar-refractivity contribution in [3.8, 4) is 0 Å². The third kappa shape index (κ3) is 1.25. The molecule has 0 amide bonds. The van der Waals surface area contributed by atoms with Gasteiger partial charge in [-0.05, 0) is 37.5 Å². The summed E-state index contributed by atoms with van der Waals surface area (Å²) in [6, 6.07) is 0. The van der Waals surface area contributed by atoms with Crippen LogP contribution in [-0.2, 0) is 0 Å². The lowest BCUT2D eigenvalue weighted by molar-refractivity contribution is 0.605. The fourth-order valence-corrected chi connectivity index (χ4v) is 3.50. The Bertz CT molecular complexity index is 135. The van der Waals surface area contributed by atoms with Crippen molar-refractivity contribution in [1.29, 1.82) is 0 Å². The summed E-state index contributed by atoms with van der Waals surface area (Å²) >= 11 is 2.63. The predicted octanol–water partition coefficient (Wildman–Crippen LogP) is 3.17. The minimum absolute atomic E-state index is 1.03. The lowest BCUT2D eigenvalue weighted by Crippen LogP contribution is -1.85. The molecule has 0 nitrogen and oxygen atoms in total. The molecule has 0 aliphatic heterocycles. The molecule has 0 N–H and O–H groups in total. The van der Waals surface area contributed by atoms with Gasteiger partial charge in [-0.25, -0.2) is 0 Å². The van der Waals surface area contributed by atoms with Crippen LogP contribution in [0.4, 0.5) is 0 Å². The van der Waals surface area contributed by atoms with Crippen LogP contribution in [0.15, 0.2) is 12.2 Å². The number of hydrogen-bond acceptors (Lipinski definition) is 0. The first-order valence-corrected chi connectivity index (χ1v) is 5.43. The van der Waals surface area contributed by atoms with Gasteiger partial charge in [0.1, 0.15) is 0 Å². The van der Waals surface area contributed by atoms with Crippen molar-refractivity contribution in [1.82, 2.24) is 0 Å². The Labute approximate surface area is 76.2 Å². The Morgan fingerprint density at radius 3 is 2.00 bits per heavy atom. The average molecular weight is 248 g/mol. The van der Waals surface area contributed by atoms with Gasteiger partial charge < -0.3 is 0 Å². The molecule has 0 heterocycles. The van der Waals surface area contributed by atoms with Gasteiger partial charge in [0.25, 0.3) is 0 Å². The van der Waals surface area contributed by atoms with E-state index in [1.807, 2.05) is 0 Å². The summed E-state index contributed by atoms with van der Waals surface area (Å²) in [4.78, 5) is 0. The first-order chi connectivity index (χ1) is 4.89. The predicted molar refractivity (Wildman–Crippen MR) is 52.4 cm³/mol. The van der Waals surface area contributed by atoms with Crippen molar-refractivity contribution >= 4 is 22.6 Å². The molecule has 0 saturated heterocycles. The van der Waals surface area contributed by atoms with E-state index in [2.05, 4.69) is 34.7 Å². The molecule has 2 rings (SSSR count). The van der Waals surface area contributed by atoms with Crippen LogP contribution in [0.3, 0.4) is 0 Å². The Hall–Kier alpha value is 0.470. The minimum atomic E-state index is 1.03. The molecule has 1 heteroatoms. The molecule has 0 aromatic heterocycles. The van der Waals surface area contributed by atoms with E-state index >= 15 is 0 Å². The summed E-state index contributed by atoms with van der Waals surface area (Å²) < 4.78 is 1.03. The van der Waals surface area contributed by atoms with Crippen molar-refractivity contribution in [2.45, 2.75) is 29.6 Å². The van der Waals surface area contributed by atoms with Gasteiger partial charge in [0.2, 0.25) is 0 Å². The van der Waals surface area contributed by atoms with Crippen molar-refractivity contribution in [2.75, 3.05) is 0 Å².